The Bertz CT molecular complexity index is 552. The van der Waals surface area contributed by atoms with E-state index in [-0.39, 0.29) is 11.3 Å². The van der Waals surface area contributed by atoms with E-state index in [9.17, 15) is 10.1 Å². The summed E-state index contributed by atoms with van der Waals surface area (Å²) in [4.78, 5) is 10.1. The van der Waals surface area contributed by atoms with E-state index in [0.29, 0.717) is 10.9 Å². The molecule has 0 amide bonds. The molecule has 0 aliphatic carbocycles. The number of aromatic amines is 1. The second kappa shape index (κ2) is 2.81. The number of fused-ring (bicyclic) bond motifs is 1. The summed E-state index contributed by atoms with van der Waals surface area (Å²) in [5.41, 5.74) is 0.636. The fourth-order valence-corrected chi connectivity index (χ4v) is 1.25. The number of non-ortho nitro benzene ring substituents is 1. The number of aromatic nitrogens is 2. The maximum atomic E-state index is 10.6. The summed E-state index contributed by atoms with van der Waals surface area (Å²) >= 11 is 0. The van der Waals surface area contributed by atoms with Crippen LogP contribution in [0.5, 0.6) is 0 Å². The van der Waals surface area contributed by atoms with Gasteiger partial charge in [-0.1, -0.05) is 0 Å². The topological polar surface area (TPSA) is 95.6 Å². The van der Waals surface area contributed by atoms with Gasteiger partial charge in [-0.05, 0) is 6.07 Å². The molecule has 1 N–H and O–H groups in total. The van der Waals surface area contributed by atoms with Crippen molar-refractivity contribution in [3.05, 3.63) is 34.0 Å². The molecule has 0 spiro atoms. The van der Waals surface area contributed by atoms with Gasteiger partial charge in [0.15, 0.2) is 0 Å². The zero-order valence-electron chi connectivity index (χ0n) is 6.89. The van der Waals surface area contributed by atoms with Crippen LogP contribution in [0.4, 0.5) is 5.69 Å². The van der Waals surface area contributed by atoms with Crippen molar-refractivity contribution in [3.63, 3.8) is 0 Å². The Balaban J connectivity index is 2.85. The predicted molar refractivity (Wildman–Crippen MR) is 47.5 cm³/mol. The number of hydrogen-bond donors (Lipinski definition) is 1. The van der Waals surface area contributed by atoms with Gasteiger partial charge in [0, 0.05) is 6.07 Å². The highest BCUT2D eigenvalue weighted by atomic mass is 16.6. The van der Waals surface area contributed by atoms with Crippen molar-refractivity contribution in [2.45, 2.75) is 0 Å². The van der Waals surface area contributed by atoms with E-state index in [1.807, 2.05) is 6.07 Å². The third-order valence-corrected chi connectivity index (χ3v) is 1.86. The van der Waals surface area contributed by atoms with Crippen LogP contribution in [0.3, 0.4) is 0 Å². The molecule has 68 valence electrons. The second-order valence-electron chi connectivity index (χ2n) is 2.70. The van der Waals surface area contributed by atoms with E-state index in [1.165, 1.54) is 18.3 Å². The highest BCUT2D eigenvalue weighted by molar-refractivity contribution is 5.88. The Labute approximate surface area is 77.9 Å². The first kappa shape index (κ1) is 8.19. The third kappa shape index (κ3) is 1.08. The fraction of sp³-hybridized carbons (Fsp3) is 0. The molecule has 6 heteroatoms. The highest BCUT2D eigenvalue weighted by Crippen LogP contribution is 2.25. The molecule has 0 fully saturated rings. The van der Waals surface area contributed by atoms with Gasteiger partial charge in [0.2, 0.25) is 0 Å². The maximum Gasteiger partial charge on any atom is 0.281 e. The van der Waals surface area contributed by atoms with Crippen LogP contribution in [0.25, 0.3) is 10.9 Å². The van der Waals surface area contributed by atoms with Crippen molar-refractivity contribution in [3.8, 4) is 6.07 Å². The normalized spacial score (nSPS) is 9.93. The number of rotatable bonds is 1. The zero-order valence-corrected chi connectivity index (χ0v) is 6.89. The van der Waals surface area contributed by atoms with Crippen LogP contribution in [-0.4, -0.2) is 15.1 Å². The summed E-state index contributed by atoms with van der Waals surface area (Å²) in [6, 6.07) is 4.61. The van der Waals surface area contributed by atoms with Crippen molar-refractivity contribution in [2.75, 3.05) is 0 Å². The van der Waals surface area contributed by atoms with Gasteiger partial charge in [0.1, 0.15) is 0 Å². The first-order chi connectivity index (χ1) is 6.72. The summed E-state index contributed by atoms with van der Waals surface area (Å²) in [6.07, 6.45) is 1.37. The van der Waals surface area contributed by atoms with Gasteiger partial charge in [0.25, 0.3) is 5.69 Å². The van der Waals surface area contributed by atoms with Crippen molar-refractivity contribution >= 4 is 16.6 Å². The number of nitrogens with one attached hydrogen (secondary N) is 1. The average Bonchev–Trinajstić information content (AvgIpc) is 2.63. The van der Waals surface area contributed by atoms with E-state index in [0.717, 1.165) is 0 Å². The minimum absolute atomic E-state index is 0.104. The maximum absolute atomic E-state index is 10.6. The van der Waals surface area contributed by atoms with Crippen molar-refractivity contribution in [1.29, 1.82) is 5.26 Å². The molecule has 1 heterocycles. The van der Waals surface area contributed by atoms with Crippen LogP contribution in [-0.2, 0) is 0 Å². The van der Waals surface area contributed by atoms with Gasteiger partial charge in [0.05, 0.1) is 33.7 Å². The van der Waals surface area contributed by atoms with Crippen LogP contribution >= 0.6 is 0 Å². The van der Waals surface area contributed by atoms with E-state index < -0.39 is 4.92 Å². The molecule has 14 heavy (non-hydrogen) atoms. The smallest absolute Gasteiger partial charge is 0.278 e. The standard InChI is InChI=1S/C8H4N4O2/c9-3-5-1-7-6(4-10-11-7)8(2-5)12(13)14/h1-2,4H,(H,10,11). The van der Waals surface area contributed by atoms with Crippen LogP contribution in [0.1, 0.15) is 5.56 Å². The van der Waals surface area contributed by atoms with Crippen LogP contribution in [0, 0.1) is 21.4 Å². The molecule has 1 aromatic heterocycles. The van der Waals surface area contributed by atoms with Gasteiger partial charge in [-0.3, -0.25) is 15.2 Å². The van der Waals surface area contributed by atoms with E-state index in [1.54, 1.807) is 0 Å². The number of nitro groups is 1. The van der Waals surface area contributed by atoms with E-state index in [4.69, 9.17) is 5.26 Å². The molecular weight excluding hydrogens is 184 g/mol. The van der Waals surface area contributed by atoms with Gasteiger partial charge < -0.3 is 0 Å². The van der Waals surface area contributed by atoms with Crippen LogP contribution < -0.4 is 0 Å². The first-order valence-corrected chi connectivity index (χ1v) is 3.74. The molecule has 0 bridgehead atoms. The lowest BCUT2D eigenvalue weighted by Crippen LogP contribution is -1.89. The third-order valence-electron chi connectivity index (χ3n) is 1.86. The molecule has 0 radical (unpaired) electrons. The minimum atomic E-state index is -0.529. The summed E-state index contributed by atoms with van der Waals surface area (Å²) in [6.45, 7) is 0. The summed E-state index contributed by atoms with van der Waals surface area (Å²) in [5.74, 6) is 0. The summed E-state index contributed by atoms with van der Waals surface area (Å²) in [5, 5.41) is 25.9. The Morgan fingerprint density at radius 3 is 3.00 bits per heavy atom. The lowest BCUT2D eigenvalue weighted by Gasteiger charge is -1.93. The molecule has 0 aliphatic heterocycles. The predicted octanol–water partition coefficient (Wildman–Crippen LogP) is 1.34. The molecule has 2 rings (SSSR count). The summed E-state index contributed by atoms with van der Waals surface area (Å²) < 4.78 is 0. The van der Waals surface area contributed by atoms with Gasteiger partial charge >= 0.3 is 0 Å². The minimum Gasteiger partial charge on any atom is -0.278 e. The number of hydrogen-bond acceptors (Lipinski definition) is 4. The number of nitrogens with zero attached hydrogens (tertiary/aromatic N) is 3. The number of nitro benzene ring substituents is 1. The van der Waals surface area contributed by atoms with Crippen molar-refractivity contribution < 1.29 is 4.92 Å². The zero-order chi connectivity index (χ0) is 10.1. The SMILES string of the molecule is N#Cc1cc([N+](=O)[O-])c2cn[nH]c2c1. The first-order valence-electron chi connectivity index (χ1n) is 3.74. The van der Waals surface area contributed by atoms with E-state index in [2.05, 4.69) is 10.2 Å². The van der Waals surface area contributed by atoms with Gasteiger partial charge in [-0.25, -0.2) is 0 Å². The molecule has 0 aliphatic rings. The lowest BCUT2D eigenvalue weighted by molar-refractivity contribution is -0.383. The molecule has 0 unspecified atom stereocenters. The molecule has 2 aromatic rings. The van der Waals surface area contributed by atoms with Gasteiger partial charge in [-0.2, -0.15) is 10.4 Å². The Hall–Kier alpha value is -2.42. The summed E-state index contributed by atoms with van der Waals surface area (Å²) in [7, 11) is 0. The fourth-order valence-electron chi connectivity index (χ4n) is 1.25. The second-order valence-corrected chi connectivity index (χ2v) is 2.70. The van der Waals surface area contributed by atoms with Crippen molar-refractivity contribution in [1.82, 2.24) is 10.2 Å². The lowest BCUT2D eigenvalue weighted by atomic mass is 10.1. The highest BCUT2D eigenvalue weighted by Gasteiger charge is 2.14. The Morgan fingerprint density at radius 2 is 2.36 bits per heavy atom. The molecule has 0 saturated carbocycles. The number of H-pyrrole nitrogens is 1. The van der Waals surface area contributed by atoms with Crippen molar-refractivity contribution in [2.24, 2.45) is 0 Å². The molecule has 6 nitrogen and oxygen atoms in total. The molecular formula is C8H4N4O2. The molecule has 0 saturated heterocycles. The monoisotopic (exact) mass is 188 g/mol. The van der Waals surface area contributed by atoms with Crippen LogP contribution in [0.2, 0.25) is 0 Å². The Morgan fingerprint density at radius 1 is 1.57 bits per heavy atom. The number of nitriles is 1. The van der Waals surface area contributed by atoms with E-state index >= 15 is 0 Å². The molecule has 1 aromatic carbocycles. The average molecular weight is 188 g/mol. The Kier molecular flexibility index (Phi) is 1.65. The largest absolute Gasteiger partial charge is 0.281 e. The van der Waals surface area contributed by atoms with Gasteiger partial charge in [-0.15, -0.1) is 0 Å². The number of benzene rings is 1. The van der Waals surface area contributed by atoms with Crippen LogP contribution in [0.15, 0.2) is 18.3 Å². The molecule has 0 atom stereocenters. The quantitative estimate of drug-likeness (QED) is 0.539.